The van der Waals surface area contributed by atoms with E-state index in [0.717, 1.165) is 26.0 Å². The van der Waals surface area contributed by atoms with Crippen molar-refractivity contribution in [3.63, 3.8) is 0 Å². The summed E-state index contributed by atoms with van der Waals surface area (Å²) in [6.45, 7) is 4.32. The average molecular weight is 241 g/mol. The molecule has 2 N–H and O–H groups in total. The van der Waals surface area contributed by atoms with Gasteiger partial charge in [0.2, 0.25) is 0 Å². The van der Waals surface area contributed by atoms with E-state index >= 15 is 0 Å². The number of ether oxygens (including phenoxy) is 1. The Morgan fingerprint density at radius 1 is 1.29 bits per heavy atom. The molecule has 3 heteroatoms. The summed E-state index contributed by atoms with van der Waals surface area (Å²) in [6, 6.07) is 0.667. The quantitative estimate of drug-likeness (QED) is 0.671. The van der Waals surface area contributed by atoms with Crippen LogP contribution in [-0.4, -0.2) is 37.0 Å². The van der Waals surface area contributed by atoms with Gasteiger partial charge in [0.1, 0.15) is 0 Å². The second kappa shape index (κ2) is 6.17. The van der Waals surface area contributed by atoms with Crippen LogP contribution in [0.5, 0.6) is 0 Å². The molecule has 0 aromatic carbocycles. The Balaban J connectivity index is 1.79. The zero-order chi connectivity index (χ0) is 12.1. The van der Waals surface area contributed by atoms with Crippen LogP contribution in [0.1, 0.15) is 51.9 Å². The first-order valence-electron chi connectivity index (χ1n) is 7.29. The van der Waals surface area contributed by atoms with Crippen LogP contribution in [0.2, 0.25) is 0 Å². The molecule has 17 heavy (non-hydrogen) atoms. The molecule has 0 heterocycles. The number of rotatable bonds is 7. The SMILES string of the molecule is CCOC1CC(NCCCCO)C12CCCC2. The summed E-state index contributed by atoms with van der Waals surface area (Å²) in [5.41, 5.74) is 0.454. The summed E-state index contributed by atoms with van der Waals surface area (Å²) < 4.78 is 5.89. The van der Waals surface area contributed by atoms with E-state index in [0.29, 0.717) is 24.2 Å². The van der Waals surface area contributed by atoms with Crippen LogP contribution < -0.4 is 5.32 Å². The highest BCUT2D eigenvalue weighted by Gasteiger charge is 2.56. The average Bonchev–Trinajstić information content (AvgIpc) is 2.84. The lowest BCUT2D eigenvalue weighted by Gasteiger charge is -2.54. The van der Waals surface area contributed by atoms with E-state index in [1.165, 1.54) is 32.1 Å². The van der Waals surface area contributed by atoms with Crippen molar-refractivity contribution >= 4 is 0 Å². The van der Waals surface area contributed by atoms with Crippen molar-refractivity contribution in [1.29, 1.82) is 0 Å². The van der Waals surface area contributed by atoms with Gasteiger partial charge in [-0.05, 0) is 45.6 Å². The molecule has 0 amide bonds. The van der Waals surface area contributed by atoms with E-state index in [-0.39, 0.29) is 0 Å². The van der Waals surface area contributed by atoms with Crippen molar-refractivity contribution in [2.45, 2.75) is 64.0 Å². The third kappa shape index (κ3) is 2.67. The molecule has 0 aliphatic heterocycles. The van der Waals surface area contributed by atoms with Crippen molar-refractivity contribution in [3.8, 4) is 0 Å². The predicted octanol–water partition coefficient (Wildman–Crippen LogP) is 2.09. The van der Waals surface area contributed by atoms with Crippen molar-refractivity contribution in [2.24, 2.45) is 5.41 Å². The second-order valence-corrected chi connectivity index (χ2v) is 5.56. The lowest BCUT2D eigenvalue weighted by Crippen LogP contribution is -2.62. The smallest absolute Gasteiger partial charge is 0.0661 e. The highest BCUT2D eigenvalue weighted by molar-refractivity contribution is 5.09. The largest absolute Gasteiger partial charge is 0.396 e. The first-order valence-corrected chi connectivity index (χ1v) is 7.29. The molecule has 2 fully saturated rings. The molecule has 0 bridgehead atoms. The van der Waals surface area contributed by atoms with Crippen LogP contribution >= 0.6 is 0 Å². The number of hydrogen-bond donors (Lipinski definition) is 2. The van der Waals surface area contributed by atoms with E-state index in [9.17, 15) is 0 Å². The van der Waals surface area contributed by atoms with Gasteiger partial charge in [-0.2, -0.15) is 0 Å². The molecule has 0 radical (unpaired) electrons. The zero-order valence-electron chi connectivity index (χ0n) is 11.1. The van der Waals surface area contributed by atoms with Gasteiger partial charge in [-0.15, -0.1) is 0 Å². The van der Waals surface area contributed by atoms with Crippen LogP contribution in [0.15, 0.2) is 0 Å². The summed E-state index contributed by atoms with van der Waals surface area (Å²) in [7, 11) is 0. The highest BCUT2D eigenvalue weighted by atomic mass is 16.5. The van der Waals surface area contributed by atoms with Crippen LogP contribution in [0.25, 0.3) is 0 Å². The first-order chi connectivity index (χ1) is 8.33. The molecule has 2 saturated carbocycles. The first kappa shape index (κ1) is 13.3. The van der Waals surface area contributed by atoms with Gasteiger partial charge in [0.25, 0.3) is 0 Å². The number of aliphatic hydroxyl groups excluding tert-OH is 1. The van der Waals surface area contributed by atoms with Crippen molar-refractivity contribution < 1.29 is 9.84 Å². The lowest BCUT2D eigenvalue weighted by molar-refractivity contribution is -0.130. The van der Waals surface area contributed by atoms with E-state index in [1.54, 1.807) is 0 Å². The maximum absolute atomic E-state index is 8.77. The number of unbranched alkanes of at least 4 members (excludes halogenated alkanes) is 1. The van der Waals surface area contributed by atoms with Gasteiger partial charge in [-0.1, -0.05) is 12.8 Å². The Morgan fingerprint density at radius 3 is 2.71 bits per heavy atom. The number of hydrogen-bond acceptors (Lipinski definition) is 3. The normalized spacial score (nSPS) is 30.7. The highest BCUT2D eigenvalue weighted by Crippen LogP contribution is 2.54. The van der Waals surface area contributed by atoms with Crippen LogP contribution in [0.3, 0.4) is 0 Å². The summed E-state index contributed by atoms with van der Waals surface area (Å²) in [4.78, 5) is 0. The Labute approximate surface area is 105 Å². The van der Waals surface area contributed by atoms with Crippen molar-refractivity contribution in [1.82, 2.24) is 5.32 Å². The molecule has 0 aromatic heterocycles. The monoisotopic (exact) mass is 241 g/mol. The summed E-state index contributed by atoms with van der Waals surface area (Å²) >= 11 is 0. The molecule has 2 aliphatic rings. The number of nitrogens with one attached hydrogen (secondary N) is 1. The molecule has 1 spiro atoms. The molecule has 2 aliphatic carbocycles. The Bertz CT molecular complexity index is 226. The molecular formula is C14H27NO2. The Morgan fingerprint density at radius 2 is 2.06 bits per heavy atom. The second-order valence-electron chi connectivity index (χ2n) is 5.56. The molecule has 3 nitrogen and oxygen atoms in total. The maximum atomic E-state index is 8.77. The molecule has 100 valence electrons. The predicted molar refractivity (Wildman–Crippen MR) is 69.0 cm³/mol. The summed E-state index contributed by atoms with van der Waals surface area (Å²) in [5.74, 6) is 0. The van der Waals surface area contributed by atoms with Gasteiger partial charge in [0.15, 0.2) is 0 Å². The molecule has 2 atom stereocenters. The summed E-state index contributed by atoms with van der Waals surface area (Å²) in [6.07, 6.45) is 9.13. The standard InChI is InChI=1S/C14H27NO2/c1-2-17-13-11-12(15-9-5-6-10-16)14(13)7-3-4-8-14/h12-13,15-16H,2-11H2,1H3. The van der Waals surface area contributed by atoms with Gasteiger partial charge in [0.05, 0.1) is 6.10 Å². The van der Waals surface area contributed by atoms with E-state index in [4.69, 9.17) is 9.84 Å². The fraction of sp³-hybridized carbons (Fsp3) is 1.00. The van der Waals surface area contributed by atoms with E-state index in [2.05, 4.69) is 12.2 Å². The molecule has 2 unspecified atom stereocenters. The Hall–Kier alpha value is -0.120. The van der Waals surface area contributed by atoms with E-state index in [1.807, 2.05) is 0 Å². The van der Waals surface area contributed by atoms with Gasteiger partial charge in [-0.25, -0.2) is 0 Å². The fourth-order valence-electron chi connectivity index (χ4n) is 3.69. The topological polar surface area (TPSA) is 41.5 Å². The van der Waals surface area contributed by atoms with Gasteiger partial charge in [-0.3, -0.25) is 0 Å². The van der Waals surface area contributed by atoms with Crippen LogP contribution in [0, 0.1) is 5.41 Å². The maximum Gasteiger partial charge on any atom is 0.0661 e. The molecule has 0 aromatic rings. The van der Waals surface area contributed by atoms with Crippen LogP contribution in [0.4, 0.5) is 0 Å². The number of aliphatic hydroxyl groups is 1. The minimum Gasteiger partial charge on any atom is -0.396 e. The Kier molecular flexibility index (Phi) is 4.83. The molecule has 2 rings (SSSR count). The molecular weight excluding hydrogens is 214 g/mol. The molecule has 0 saturated heterocycles. The van der Waals surface area contributed by atoms with Gasteiger partial charge in [0, 0.05) is 24.7 Å². The van der Waals surface area contributed by atoms with Crippen molar-refractivity contribution in [2.75, 3.05) is 19.8 Å². The summed E-state index contributed by atoms with van der Waals surface area (Å²) in [5, 5.41) is 12.5. The third-order valence-electron chi connectivity index (χ3n) is 4.66. The van der Waals surface area contributed by atoms with Crippen LogP contribution in [-0.2, 0) is 4.74 Å². The lowest BCUT2D eigenvalue weighted by atomic mass is 9.60. The van der Waals surface area contributed by atoms with Gasteiger partial charge >= 0.3 is 0 Å². The zero-order valence-corrected chi connectivity index (χ0v) is 11.1. The minimum absolute atomic E-state index is 0.319. The minimum atomic E-state index is 0.319. The van der Waals surface area contributed by atoms with Gasteiger partial charge < -0.3 is 15.2 Å². The van der Waals surface area contributed by atoms with E-state index < -0.39 is 0 Å². The fourth-order valence-corrected chi connectivity index (χ4v) is 3.69. The van der Waals surface area contributed by atoms with Crippen molar-refractivity contribution in [3.05, 3.63) is 0 Å². The third-order valence-corrected chi connectivity index (χ3v) is 4.66.